The average Bonchev–Trinajstić information content (AvgIpc) is 1.85. The maximum absolute atomic E-state index is 10.0. The minimum atomic E-state index is -4.38. The summed E-state index contributed by atoms with van der Waals surface area (Å²) in [4.78, 5) is 16.3. The Morgan fingerprint density at radius 3 is 2.45 bits per heavy atom. The summed E-state index contributed by atoms with van der Waals surface area (Å²) in [6.07, 6.45) is 0. The quantitative estimate of drug-likeness (QED) is 0.337. The van der Waals surface area contributed by atoms with E-state index in [2.05, 4.69) is 14.0 Å². The van der Waals surface area contributed by atoms with Crippen LogP contribution in [0, 0.1) is 0 Å². The molecule has 68 valence electrons. The molecule has 0 amide bonds. The van der Waals surface area contributed by atoms with Gasteiger partial charge in [0, 0.05) is 7.11 Å². The molecular formula is C4H11O6P. The van der Waals surface area contributed by atoms with Gasteiger partial charge in [-0.3, -0.25) is 4.52 Å². The number of rotatable bonds is 6. The van der Waals surface area contributed by atoms with Gasteiger partial charge in [-0.2, -0.15) is 0 Å². The highest BCUT2D eigenvalue weighted by molar-refractivity contribution is 7.46. The lowest BCUT2D eigenvalue weighted by Crippen LogP contribution is -2.04. The lowest BCUT2D eigenvalue weighted by molar-refractivity contribution is -0.0210. The van der Waals surface area contributed by atoms with Crippen molar-refractivity contribution < 1.29 is 28.3 Å². The molecule has 0 unspecified atom stereocenters. The SMILES string of the molecule is COCCOCOP(=O)(O)O. The van der Waals surface area contributed by atoms with Crippen LogP contribution in [0.2, 0.25) is 0 Å². The number of hydrogen-bond donors (Lipinski definition) is 2. The zero-order valence-electron chi connectivity index (χ0n) is 6.10. The molecule has 0 saturated carbocycles. The smallest absolute Gasteiger partial charge is 0.382 e. The first-order valence-electron chi connectivity index (χ1n) is 2.83. The van der Waals surface area contributed by atoms with E-state index >= 15 is 0 Å². The molecule has 0 bridgehead atoms. The molecule has 0 aliphatic carbocycles. The fourth-order valence-electron chi connectivity index (χ4n) is 0.307. The Hall–Kier alpha value is 0.0300. The van der Waals surface area contributed by atoms with Crippen molar-refractivity contribution in [2.75, 3.05) is 27.1 Å². The van der Waals surface area contributed by atoms with Crippen LogP contribution < -0.4 is 0 Å². The summed E-state index contributed by atoms with van der Waals surface area (Å²) >= 11 is 0. The van der Waals surface area contributed by atoms with Crippen molar-refractivity contribution in [3.05, 3.63) is 0 Å². The van der Waals surface area contributed by atoms with Gasteiger partial charge >= 0.3 is 7.82 Å². The second-order valence-corrected chi connectivity index (χ2v) is 2.88. The molecule has 0 spiro atoms. The minimum Gasteiger partial charge on any atom is -0.382 e. The highest BCUT2D eigenvalue weighted by Gasteiger charge is 2.12. The van der Waals surface area contributed by atoms with E-state index in [1.807, 2.05) is 0 Å². The van der Waals surface area contributed by atoms with Gasteiger partial charge in [-0.15, -0.1) is 0 Å². The first-order valence-corrected chi connectivity index (χ1v) is 4.36. The zero-order chi connectivity index (χ0) is 8.74. The van der Waals surface area contributed by atoms with Crippen molar-refractivity contribution in [1.29, 1.82) is 0 Å². The van der Waals surface area contributed by atoms with Crippen LogP contribution >= 0.6 is 7.82 Å². The molecule has 0 heterocycles. The third-order valence-electron chi connectivity index (χ3n) is 0.736. The van der Waals surface area contributed by atoms with Gasteiger partial charge in [-0.1, -0.05) is 0 Å². The van der Waals surface area contributed by atoms with Crippen LogP contribution in [-0.4, -0.2) is 36.9 Å². The Labute approximate surface area is 64.3 Å². The Morgan fingerprint density at radius 1 is 1.36 bits per heavy atom. The van der Waals surface area contributed by atoms with Crippen LogP contribution in [-0.2, 0) is 18.6 Å². The topological polar surface area (TPSA) is 85.2 Å². The van der Waals surface area contributed by atoms with Crippen LogP contribution in [0.1, 0.15) is 0 Å². The van der Waals surface area contributed by atoms with E-state index in [0.29, 0.717) is 6.61 Å². The van der Waals surface area contributed by atoms with Crippen LogP contribution in [0.25, 0.3) is 0 Å². The van der Waals surface area contributed by atoms with E-state index in [4.69, 9.17) is 9.79 Å². The van der Waals surface area contributed by atoms with Crippen LogP contribution in [0.15, 0.2) is 0 Å². The molecule has 0 radical (unpaired) electrons. The van der Waals surface area contributed by atoms with Gasteiger partial charge in [0.15, 0.2) is 6.79 Å². The normalized spacial score (nSPS) is 11.9. The second kappa shape index (κ2) is 5.65. The van der Waals surface area contributed by atoms with Gasteiger partial charge < -0.3 is 19.3 Å². The van der Waals surface area contributed by atoms with Crippen molar-refractivity contribution in [2.45, 2.75) is 0 Å². The fraction of sp³-hybridized carbons (Fsp3) is 1.00. The summed E-state index contributed by atoms with van der Waals surface area (Å²) in [5, 5.41) is 0. The van der Waals surface area contributed by atoms with Gasteiger partial charge in [-0.05, 0) is 0 Å². The molecule has 11 heavy (non-hydrogen) atoms. The zero-order valence-corrected chi connectivity index (χ0v) is 6.99. The highest BCUT2D eigenvalue weighted by Crippen LogP contribution is 2.35. The molecule has 0 aromatic rings. The van der Waals surface area contributed by atoms with E-state index in [-0.39, 0.29) is 6.61 Å². The summed E-state index contributed by atoms with van der Waals surface area (Å²) in [7, 11) is -2.89. The molecule has 0 aromatic heterocycles. The third kappa shape index (κ3) is 10.0. The molecule has 2 N–H and O–H groups in total. The predicted octanol–water partition coefficient (Wildman–Crippen LogP) is -0.284. The van der Waals surface area contributed by atoms with Crippen LogP contribution in [0.5, 0.6) is 0 Å². The van der Waals surface area contributed by atoms with Gasteiger partial charge in [0.25, 0.3) is 0 Å². The lowest BCUT2D eigenvalue weighted by atomic mass is 10.8. The predicted molar refractivity (Wildman–Crippen MR) is 35.8 cm³/mol. The van der Waals surface area contributed by atoms with Crippen LogP contribution in [0.4, 0.5) is 0 Å². The van der Waals surface area contributed by atoms with E-state index in [9.17, 15) is 4.57 Å². The monoisotopic (exact) mass is 186 g/mol. The molecule has 6 nitrogen and oxygen atoms in total. The molecule has 0 aliphatic heterocycles. The maximum Gasteiger partial charge on any atom is 0.471 e. The largest absolute Gasteiger partial charge is 0.471 e. The summed E-state index contributed by atoms with van der Waals surface area (Å²) in [5.41, 5.74) is 0. The number of methoxy groups -OCH3 is 1. The van der Waals surface area contributed by atoms with Crippen LogP contribution in [0.3, 0.4) is 0 Å². The highest BCUT2D eigenvalue weighted by atomic mass is 31.2. The van der Waals surface area contributed by atoms with Crippen molar-refractivity contribution in [2.24, 2.45) is 0 Å². The Balaban J connectivity index is 3.09. The van der Waals surface area contributed by atoms with Crippen molar-refractivity contribution in [3.63, 3.8) is 0 Å². The molecule has 0 saturated heterocycles. The molecule has 0 aliphatic rings. The number of hydrogen-bond acceptors (Lipinski definition) is 4. The summed E-state index contributed by atoms with van der Waals surface area (Å²) in [6, 6.07) is 0. The molecular weight excluding hydrogens is 175 g/mol. The number of phosphoric acid groups is 1. The van der Waals surface area contributed by atoms with Crippen molar-refractivity contribution in [3.8, 4) is 0 Å². The summed E-state index contributed by atoms with van der Waals surface area (Å²) in [5.74, 6) is 0. The van der Waals surface area contributed by atoms with Gasteiger partial charge in [-0.25, -0.2) is 4.57 Å². The van der Waals surface area contributed by atoms with E-state index in [0.717, 1.165) is 0 Å². The molecule has 0 fully saturated rings. The minimum absolute atomic E-state index is 0.247. The summed E-state index contributed by atoms with van der Waals surface area (Å²) < 4.78 is 23.2. The molecule has 0 atom stereocenters. The first-order chi connectivity index (χ1) is 5.06. The molecule has 7 heteroatoms. The standard InChI is InChI=1S/C4H11O6P/c1-8-2-3-9-4-10-11(5,6)7/h2-4H2,1H3,(H2,5,6,7). The van der Waals surface area contributed by atoms with E-state index in [1.54, 1.807) is 0 Å². The Morgan fingerprint density at radius 2 is 2.00 bits per heavy atom. The van der Waals surface area contributed by atoms with Crippen molar-refractivity contribution in [1.82, 2.24) is 0 Å². The van der Waals surface area contributed by atoms with E-state index < -0.39 is 14.6 Å². The Bertz CT molecular complexity index is 131. The summed E-state index contributed by atoms with van der Waals surface area (Å²) in [6.45, 7) is 0.189. The van der Waals surface area contributed by atoms with Gasteiger partial charge in [0.2, 0.25) is 0 Å². The lowest BCUT2D eigenvalue weighted by Gasteiger charge is -2.05. The number of ether oxygens (including phenoxy) is 2. The number of phosphoric ester groups is 1. The average molecular weight is 186 g/mol. The van der Waals surface area contributed by atoms with Gasteiger partial charge in [0.1, 0.15) is 0 Å². The molecule has 0 aromatic carbocycles. The second-order valence-electron chi connectivity index (χ2n) is 1.64. The van der Waals surface area contributed by atoms with E-state index in [1.165, 1.54) is 7.11 Å². The first kappa shape index (κ1) is 11.0. The van der Waals surface area contributed by atoms with Crippen molar-refractivity contribution >= 4 is 7.82 Å². The Kier molecular flexibility index (Phi) is 5.67. The molecule has 0 rings (SSSR count). The third-order valence-corrected chi connectivity index (χ3v) is 1.18. The maximum atomic E-state index is 10.0. The van der Waals surface area contributed by atoms with Gasteiger partial charge in [0.05, 0.1) is 13.2 Å². The fourth-order valence-corrected chi connectivity index (χ4v) is 0.519.